The Morgan fingerprint density at radius 2 is 0.693 bits per heavy atom. The highest BCUT2D eigenvalue weighted by Gasteiger charge is 2.32. The quantitative estimate of drug-likeness (QED) is 0.0534. The van der Waals surface area contributed by atoms with Gasteiger partial charge in [0.05, 0.1) is 32.3 Å². The van der Waals surface area contributed by atoms with E-state index in [-0.39, 0.29) is 5.41 Å². The van der Waals surface area contributed by atoms with Crippen molar-refractivity contribution < 1.29 is 18.3 Å². The van der Waals surface area contributed by atoms with Crippen LogP contribution in [0.4, 0.5) is 0 Å². The average Bonchev–Trinajstić information content (AvgIpc) is 0.796. The van der Waals surface area contributed by atoms with Crippen molar-refractivity contribution in [3.05, 3.63) is 189 Å². The Balaban J connectivity index is 0.000000243. The zero-order valence-corrected chi connectivity index (χ0v) is 75.5. The number of hydrogen-bond donors (Lipinski definition) is 0. The second-order valence-corrected chi connectivity index (χ2v) is 57.8. The Morgan fingerprint density at radius 1 is 0.347 bits per heavy atom. The van der Waals surface area contributed by atoms with E-state index in [1.54, 1.807) is 31.9 Å². The van der Waals surface area contributed by atoms with Crippen LogP contribution in [0.2, 0.25) is 78.6 Å². The molecule has 0 fully saturated rings. The van der Waals surface area contributed by atoms with Crippen molar-refractivity contribution in [3.8, 4) is 45.0 Å². The Hall–Kier alpha value is -5.65. The molecule has 0 N–H and O–H groups in total. The molecule has 0 bridgehead atoms. The highest BCUT2D eigenvalue weighted by Crippen LogP contribution is 2.32. The molecular formula is C93H146N4Si4+4. The molecule has 550 valence electrons. The Kier molecular flexibility index (Phi) is 30.2. The second kappa shape index (κ2) is 35.4. The van der Waals surface area contributed by atoms with Crippen LogP contribution in [0.25, 0.3) is 45.0 Å². The van der Waals surface area contributed by atoms with Crippen molar-refractivity contribution in [1.29, 1.82) is 0 Å². The van der Waals surface area contributed by atoms with Gasteiger partial charge < -0.3 is 0 Å². The number of pyridine rings is 4. The first-order valence-electron chi connectivity index (χ1n) is 39.0. The summed E-state index contributed by atoms with van der Waals surface area (Å²) in [6.07, 6.45) is 16.7. The van der Waals surface area contributed by atoms with Crippen LogP contribution < -0.4 is 39.0 Å². The third kappa shape index (κ3) is 23.7. The number of rotatable bonds is 20. The van der Waals surface area contributed by atoms with E-state index >= 15 is 0 Å². The maximum absolute atomic E-state index is 2.50. The molecule has 0 radical (unpaired) electrons. The van der Waals surface area contributed by atoms with E-state index in [4.69, 9.17) is 0 Å². The largest absolute Gasteiger partial charge is 0.212 e. The molecule has 0 unspecified atom stereocenters. The van der Waals surface area contributed by atoms with Crippen LogP contribution in [0.1, 0.15) is 195 Å². The molecule has 0 aliphatic heterocycles. The minimum absolute atomic E-state index is 0.191. The molecule has 8 heteroatoms. The zero-order valence-electron chi connectivity index (χ0n) is 71.5. The molecule has 0 spiro atoms. The van der Waals surface area contributed by atoms with Crippen LogP contribution in [0.15, 0.2) is 122 Å². The normalized spacial score (nSPS) is 12.3. The van der Waals surface area contributed by atoms with E-state index in [0.29, 0.717) is 35.5 Å². The van der Waals surface area contributed by atoms with E-state index < -0.39 is 32.3 Å². The van der Waals surface area contributed by atoms with Gasteiger partial charge in [-0.05, 0) is 198 Å². The van der Waals surface area contributed by atoms with Crippen LogP contribution in [0.3, 0.4) is 0 Å². The molecular weight excluding hydrogens is 1290 g/mol. The van der Waals surface area contributed by atoms with Crippen molar-refractivity contribution in [3.63, 3.8) is 0 Å². The van der Waals surface area contributed by atoms with Gasteiger partial charge in [0.1, 0.15) is 28.2 Å². The Bertz CT molecular complexity index is 4080. The maximum atomic E-state index is 2.50. The van der Waals surface area contributed by atoms with Crippen molar-refractivity contribution in [1.82, 2.24) is 0 Å². The lowest BCUT2D eigenvalue weighted by atomic mass is 9.85. The van der Waals surface area contributed by atoms with Gasteiger partial charge >= 0.3 is 0 Å². The lowest BCUT2D eigenvalue weighted by Crippen LogP contribution is -2.45. The molecule has 0 saturated heterocycles. The molecule has 0 aliphatic carbocycles. The fraction of sp³-hybridized carbons (Fsp3) is 0.527. The van der Waals surface area contributed by atoms with Gasteiger partial charge in [-0.3, -0.25) is 0 Å². The maximum Gasteiger partial charge on any atom is 0.212 e. The molecule has 0 saturated carbocycles. The summed E-state index contributed by atoms with van der Waals surface area (Å²) in [5, 5.41) is 6.47. The molecule has 8 rings (SSSR count). The SMILES string of the molecule is CCC(CC)c1c[n+](C)c(-c2cc(C)ccc2C)cc1[Si](C)(C)C.Cc1cc(C(C)(C)C)ccc1-c1cc([Si](C)(C)C)c(CC(C)C)c[n+]1C.Cc1cc(C(C)C)ccc1-c1cc([Si](C)(C)C)c(CC(C)C)c[n+]1C.Cc1cc(CC(C)C)ccc1-c1cc([Si](C)(C)C)c(CC(C)C)c[n+]1C. The summed E-state index contributed by atoms with van der Waals surface area (Å²) in [7, 11) is 3.21. The Morgan fingerprint density at radius 3 is 1.03 bits per heavy atom. The smallest absolute Gasteiger partial charge is 0.201 e. The first-order chi connectivity index (χ1) is 46.5. The lowest BCUT2D eigenvalue weighted by molar-refractivity contribution is -0.660. The highest BCUT2D eigenvalue weighted by molar-refractivity contribution is 6.90. The molecule has 101 heavy (non-hydrogen) atoms. The zero-order chi connectivity index (χ0) is 76.5. The summed E-state index contributed by atoms with van der Waals surface area (Å²) in [6, 6.07) is 37.7. The third-order valence-electron chi connectivity index (χ3n) is 20.4. The van der Waals surface area contributed by atoms with Crippen molar-refractivity contribution in [2.24, 2.45) is 51.9 Å². The summed E-state index contributed by atoms with van der Waals surface area (Å²) < 4.78 is 9.35. The predicted molar refractivity (Wildman–Crippen MR) is 458 cm³/mol. The number of aromatic nitrogens is 4. The summed E-state index contributed by atoms with van der Waals surface area (Å²) >= 11 is 0. The summed E-state index contributed by atoms with van der Waals surface area (Å²) in [5.41, 5.74) is 28.3. The molecule has 8 aromatic rings. The first kappa shape index (κ1) is 86.0. The first-order valence-corrected chi connectivity index (χ1v) is 53.0. The minimum atomic E-state index is -1.40. The van der Waals surface area contributed by atoms with Gasteiger partial charge in [-0.15, -0.1) is 0 Å². The van der Waals surface area contributed by atoms with Crippen molar-refractivity contribution in [2.45, 2.75) is 273 Å². The molecule has 4 nitrogen and oxygen atoms in total. The van der Waals surface area contributed by atoms with Gasteiger partial charge in [0.25, 0.3) is 0 Å². The van der Waals surface area contributed by atoms with Crippen LogP contribution in [-0.4, -0.2) is 32.3 Å². The van der Waals surface area contributed by atoms with Crippen LogP contribution in [0.5, 0.6) is 0 Å². The molecule has 4 aromatic heterocycles. The summed E-state index contributed by atoms with van der Waals surface area (Å²) in [6.45, 7) is 75.3. The van der Waals surface area contributed by atoms with Crippen LogP contribution >= 0.6 is 0 Å². The van der Waals surface area contributed by atoms with Gasteiger partial charge in [0.2, 0.25) is 22.8 Å². The molecule has 0 atom stereocenters. The van der Waals surface area contributed by atoms with Gasteiger partial charge in [-0.1, -0.05) is 237 Å². The fourth-order valence-corrected chi connectivity index (χ4v) is 21.6. The molecule has 4 heterocycles. The van der Waals surface area contributed by atoms with E-state index in [1.807, 2.05) is 0 Å². The van der Waals surface area contributed by atoms with Gasteiger partial charge in [0, 0.05) is 68.8 Å². The second-order valence-electron chi connectivity index (χ2n) is 37.6. The van der Waals surface area contributed by atoms with Gasteiger partial charge in [-0.2, -0.15) is 0 Å². The average molecular weight is 1430 g/mol. The van der Waals surface area contributed by atoms with E-state index in [2.05, 4.69) is 385 Å². The Labute approximate surface area is 625 Å². The standard InChI is InChI=1S/2C24H38NSi.C23H36NSi.C22H34NSi/c1-17(2)13-19-16-25(7)22(15-23(19)26(8,9)10)21-12-11-20(14-18(21)3)24(4,5)6;1-17(2)12-20-10-11-22(19(5)14-20)23-15-24(26(7,8)9)21(13-18(3)4)16-25(23)6;1-16(2)12-20-15-24(6)22(14-23(20)25(7,8)9)21-11-10-19(17(3)4)13-18(21)5;1-9-18(10-2)20-15-23(5)21(14-22(20)24(6,7)8)19-13-16(3)11-12-17(19)4/h11-12,14-17H,13H2,1-10H3;10-11,14-18H,12-13H2,1-9H3;10-11,13-17H,12H2,1-9H3;11-15,18H,9-10H2,1-8H3/q4*+1. The van der Waals surface area contributed by atoms with Gasteiger partial charge in [-0.25, -0.2) is 18.3 Å². The van der Waals surface area contributed by atoms with E-state index in [0.717, 1.165) is 12.8 Å². The van der Waals surface area contributed by atoms with E-state index in [9.17, 15) is 0 Å². The lowest BCUT2D eigenvalue weighted by Gasteiger charge is -2.25. The number of aryl methyl sites for hydroxylation is 9. The van der Waals surface area contributed by atoms with Crippen LogP contribution in [-0.2, 0) is 59.3 Å². The monoisotopic (exact) mass is 1430 g/mol. The molecule has 4 aromatic carbocycles. The minimum Gasteiger partial charge on any atom is -0.201 e. The predicted octanol–water partition coefficient (Wildman–Crippen LogP) is 21.6. The number of nitrogens with zero attached hydrogens (tertiary/aromatic N) is 4. The number of hydrogen-bond acceptors (Lipinski definition) is 0. The van der Waals surface area contributed by atoms with E-state index in [1.165, 1.54) is 126 Å². The van der Waals surface area contributed by atoms with Crippen LogP contribution in [0, 0.1) is 58.3 Å². The topological polar surface area (TPSA) is 15.5 Å². The van der Waals surface area contributed by atoms with Crippen molar-refractivity contribution >= 4 is 53.0 Å². The number of benzene rings is 4. The summed E-state index contributed by atoms with van der Waals surface area (Å²) in [4.78, 5) is 0. The molecule has 0 amide bonds. The molecule has 0 aliphatic rings. The van der Waals surface area contributed by atoms with Gasteiger partial charge in [0.15, 0.2) is 24.8 Å². The van der Waals surface area contributed by atoms with Crippen molar-refractivity contribution in [2.75, 3.05) is 0 Å². The highest BCUT2D eigenvalue weighted by atomic mass is 28.3. The third-order valence-corrected chi connectivity index (χ3v) is 28.7. The fourth-order valence-electron chi connectivity index (χ4n) is 14.8. The summed E-state index contributed by atoms with van der Waals surface area (Å²) in [5.74, 6) is 4.01.